The van der Waals surface area contributed by atoms with E-state index in [1.54, 1.807) is 0 Å². The Morgan fingerprint density at radius 1 is 1.21 bits per heavy atom. The van der Waals surface area contributed by atoms with Gasteiger partial charge in [-0.1, -0.05) is 35.1 Å². The van der Waals surface area contributed by atoms with Crippen LogP contribution < -0.4 is 0 Å². The molecule has 0 spiro atoms. The van der Waals surface area contributed by atoms with Crippen LogP contribution in [0.15, 0.2) is 26.6 Å². The molecule has 0 aliphatic rings. The fraction of sp³-hybridized carbons (Fsp3) is 0. The van der Waals surface area contributed by atoms with Gasteiger partial charge in [0.05, 0.1) is 5.02 Å². The van der Waals surface area contributed by atoms with E-state index in [4.69, 9.17) is 11.6 Å². The number of halogens is 3. The van der Waals surface area contributed by atoms with Crippen LogP contribution in [0, 0.1) is 0 Å². The van der Waals surface area contributed by atoms with Crippen LogP contribution in [0.5, 0.6) is 0 Å². The standard InChI is InChI=1S/C8H3Br2ClN2S/c9-5-3-1-2-4(6(5)11)7-12-13-8(10)14-7/h1-3H. The summed E-state index contributed by atoms with van der Waals surface area (Å²) in [7, 11) is 0. The van der Waals surface area contributed by atoms with Crippen molar-refractivity contribution in [1.29, 1.82) is 0 Å². The highest BCUT2D eigenvalue weighted by Gasteiger charge is 2.10. The molecule has 2 rings (SSSR count). The summed E-state index contributed by atoms with van der Waals surface area (Å²) in [4.78, 5) is 0. The maximum atomic E-state index is 6.11. The van der Waals surface area contributed by atoms with Gasteiger partial charge in [0.1, 0.15) is 5.01 Å². The fourth-order valence-corrected chi connectivity index (χ4v) is 2.76. The third-order valence-electron chi connectivity index (χ3n) is 1.58. The molecule has 0 amide bonds. The quantitative estimate of drug-likeness (QED) is 0.759. The van der Waals surface area contributed by atoms with Crippen LogP contribution in [0.2, 0.25) is 5.02 Å². The van der Waals surface area contributed by atoms with E-state index in [-0.39, 0.29) is 0 Å². The van der Waals surface area contributed by atoms with Crippen LogP contribution >= 0.6 is 54.8 Å². The van der Waals surface area contributed by atoms with Gasteiger partial charge in [0.25, 0.3) is 0 Å². The molecule has 0 radical (unpaired) electrons. The molecule has 1 aromatic heterocycles. The predicted octanol–water partition coefficient (Wildman–Crippen LogP) is 4.38. The van der Waals surface area contributed by atoms with Gasteiger partial charge in [-0.25, -0.2) is 0 Å². The third-order valence-corrected chi connectivity index (χ3v) is 4.27. The third kappa shape index (κ3) is 2.00. The molecular formula is C8H3Br2ClN2S. The Morgan fingerprint density at radius 3 is 2.64 bits per heavy atom. The molecule has 1 aromatic carbocycles. The Balaban J connectivity index is 2.57. The van der Waals surface area contributed by atoms with Crippen molar-refractivity contribution in [2.24, 2.45) is 0 Å². The highest BCUT2D eigenvalue weighted by molar-refractivity contribution is 9.11. The lowest BCUT2D eigenvalue weighted by Crippen LogP contribution is -1.79. The van der Waals surface area contributed by atoms with Crippen molar-refractivity contribution in [2.45, 2.75) is 0 Å². The summed E-state index contributed by atoms with van der Waals surface area (Å²) in [5, 5.41) is 9.35. The molecule has 72 valence electrons. The Morgan fingerprint density at radius 2 is 2.00 bits per heavy atom. The van der Waals surface area contributed by atoms with Gasteiger partial charge in [0, 0.05) is 10.0 Å². The summed E-state index contributed by atoms with van der Waals surface area (Å²) in [6, 6.07) is 5.72. The molecule has 0 N–H and O–H groups in total. The van der Waals surface area contributed by atoms with Gasteiger partial charge in [-0.15, -0.1) is 10.2 Å². The summed E-state index contributed by atoms with van der Waals surface area (Å²) in [5.74, 6) is 0. The summed E-state index contributed by atoms with van der Waals surface area (Å²) in [6.07, 6.45) is 0. The van der Waals surface area contributed by atoms with E-state index in [1.807, 2.05) is 18.2 Å². The first-order valence-corrected chi connectivity index (χ1v) is 6.40. The first kappa shape index (κ1) is 10.5. The van der Waals surface area contributed by atoms with Crippen LogP contribution in [-0.4, -0.2) is 10.2 Å². The van der Waals surface area contributed by atoms with Crippen molar-refractivity contribution in [2.75, 3.05) is 0 Å². The van der Waals surface area contributed by atoms with Gasteiger partial charge >= 0.3 is 0 Å². The van der Waals surface area contributed by atoms with Crippen LogP contribution in [0.3, 0.4) is 0 Å². The summed E-state index contributed by atoms with van der Waals surface area (Å²) < 4.78 is 1.62. The summed E-state index contributed by atoms with van der Waals surface area (Å²) >= 11 is 14.2. The Bertz CT molecular complexity index is 472. The second kappa shape index (κ2) is 4.26. The molecule has 0 aliphatic heterocycles. The molecule has 6 heteroatoms. The summed E-state index contributed by atoms with van der Waals surface area (Å²) in [6.45, 7) is 0. The normalized spacial score (nSPS) is 10.5. The molecule has 0 saturated heterocycles. The molecule has 0 fully saturated rings. The maximum absolute atomic E-state index is 6.11. The van der Waals surface area contributed by atoms with Crippen molar-refractivity contribution in [3.63, 3.8) is 0 Å². The minimum absolute atomic E-state index is 0.663. The molecule has 1 heterocycles. The van der Waals surface area contributed by atoms with Gasteiger partial charge in [-0.2, -0.15) is 0 Å². The largest absolute Gasteiger partial charge is 0.183 e. The number of benzene rings is 1. The van der Waals surface area contributed by atoms with E-state index in [2.05, 4.69) is 42.1 Å². The van der Waals surface area contributed by atoms with Crippen LogP contribution in [0.25, 0.3) is 10.6 Å². The van der Waals surface area contributed by atoms with E-state index in [9.17, 15) is 0 Å². The zero-order valence-corrected chi connectivity index (χ0v) is 11.4. The molecule has 14 heavy (non-hydrogen) atoms. The highest BCUT2D eigenvalue weighted by Crippen LogP contribution is 2.35. The molecule has 0 atom stereocenters. The Labute approximate surface area is 107 Å². The molecule has 0 bridgehead atoms. The highest BCUT2D eigenvalue weighted by atomic mass is 79.9. The number of nitrogens with zero attached hydrogens (tertiary/aromatic N) is 2. The average molecular weight is 354 g/mol. The van der Waals surface area contributed by atoms with Crippen LogP contribution in [0.1, 0.15) is 0 Å². The minimum atomic E-state index is 0.663. The molecule has 2 nitrogen and oxygen atoms in total. The number of aromatic nitrogens is 2. The summed E-state index contributed by atoms with van der Waals surface area (Å²) in [5.41, 5.74) is 0.893. The van der Waals surface area contributed by atoms with Crippen molar-refractivity contribution in [3.05, 3.63) is 31.6 Å². The van der Waals surface area contributed by atoms with Gasteiger partial charge in [0.2, 0.25) is 0 Å². The van der Waals surface area contributed by atoms with E-state index in [0.29, 0.717) is 5.02 Å². The van der Waals surface area contributed by atoms with E-state index in [1.165, 1.54) is 11.3 Å². The van der Waals surface area contributed by atoms with Crippen molar-refractivity contribution < 1.29 is 0 Å². The first-order valence-electron chi connectivity index (χ1n) is 3.62. The number of hydrogen-bond donors (Lipinski definition) is 0. The van der Waals surface area contributed by atoms with Crippen molar-refractivity contribution in [1.82, 2.24) is 10.2 Å². The smallest absolute Gasteiger partial charge is 0.137 e. The van der Waals surface area contributed by atoms with Crippen LogP contribution in [-0.2, 0) is 0 Å². The second-order valence-electron chi connectivity index (χ2n) is 2.46. The van der Waals surface area contributed by atoms with E-state index < -0.39 is 0 Å². The van der Waals surface area contributed by atoms with Crippen LogP contribution in [0.4, 0.5) is 0 Å². The zero-order valence-electron chi connectivity index (χ0n) is 6.67. The predicted molar refractivity (Wildman–Crippen MR) is 65.8 cm³/mol. The number of hydrogen-bond acceptors (Lipinski definition) is 3. The molecular weight excluding hydrogens is 351 g/mol. The Kier molecular flexibility index (Phi) is 3.21. The lowest BCUT2D eigenvalue weighted by molar-refractivity contribution is 1.08. The molecule has 0 saturated carbocycles. The van der Waals surface area contributed by atoms with Gasteiger partial charge in [0.15, 0.2) is 3.92 Å². The maximum Gasteiger partial charge on any atom is 0.183 e. The number of rotatable bonds is 1. The Hall–Kier alpha value is 0.0300. The zero-order chi connectivity index (χ0) is 10.1. The first-order chi connectivity index (χ1) is 6.68. The SMILES string of the molecule is Clc1c(Br)cccc1-c1nnc(Br)s1. The topological polar surface area (TPSA) is 25.8 Å². The minimum Gasteiger partial charge on any atom is -0.137 e. The second-order valence-corrected chi connectivity index (χ2v) is 5.95. The molecule has 2 aromatic rings. The fourth-order valence-electron chi connectivity index (χ4n) is 0.983. The lowest BCUT2D eigenvalue weighted by atomic mass is 10.2. The van der Waals surface area contributed by atoms with Gasteiger partial charge in [-0.3, -0.25) is 0 Å². The van der Waals surface area contributed by atoms with Crippen molar-refractivity contribution >= 4 is 54.8 Å². The van der Waals surface area contributed by atoms with E-state index in [0.717, 1.165) is 19.0 Å². The monoisotopic (exact) mass is 352 g/mol. The van der Waals surface area contributed by atoms with Gasteiger partial charge < -0.3 is 0 Å². The van der Waals surface area contributed by atoms with Crippen molar-refractivity contribution in [3.8, 4) is 10.6 Å². The molecule has 0 aliphatic carbocycles. The van der Waals surface area contributed by atoms with Gasteiger partial charge in [-0.05, 0) is 37.9 Å². The molecule has 0 unspecified atom stereocenters. The lowest BCUT2D eigenvalue weighted by Gasteiger charge is -2.00. The van der Waals surface area contributed by atoms with E-state index >= 15 is 0 Å². The average Bonchev–Trinajstić information content (AvgIpc) is 2.57.